The number of rotatable bonds is 3. The van der Waals surface area contributed by atoms with Gasteiger partial charge in [-0.3, -0.25) is 0 Å². The lowest BCUT2D eigenvalue weighted by Gasteiger charge is -2.17. The molecule has 0 radical (unpaired) electrons. The van der Waals surface area contributed by atoms with Crippen LogP contribution in [-0.4, -0.2) is 6.04 Å². The molecule has 1 aromatic carbocycles. The van der Waals surface area contributed by atoms with E-state index < -0.39 is 0 Å². The summed E-state index contributed by atoms with van der Waals surface area (Å²) >= 11 is 0. The molecule has 0 bridgehead atoms. The molecule has 2 rings (SSSR count). The first-order valence-electron chi connectivity index (χ1n) is 5.74. The standard InChI is InChI=1S/C13H18FN/c1-10-5-4-8-13(10)15-9-11-6-2-3-7-12(11)14/h2-3,6-7,10,13,15H,4-5,8-9H2,1H3. The molecule has 2 atom stereocenters. The first kappa shape index (κ1) is 10.6. The van der Waals surface area contributed by atoms with E-state index in [4.69, 9.17) is 0 Å². The summed E-state index contributed by atoms with van der Waals surface area (Å²) in [4.78, 5) is 0. The summed E-state index contributed by atoms with van der Waals surface area (Å²) in [5.41, 5.74) is 0.775. The quantitative estimate of drug-likeness (QED) is 0.803. The van der Waals surface area contributed by atoms with Gasteiger partial charge in [-0.05, 0) is 24.8 Å². The second-order valence-corrected chi connectivity index (χ2v) is 4.49. The van der Waals surface area contributed by atoms with Crippen molar-refractivity contribution >= 4 is 0 Å². The first-order valence-corrected chi connectivity index (χ1v) is 5.74. The highest BCUT2D eigenvalue weighted by Gasteiger charge is 2.22. The van der Waals surface area contributed by atoms with Crippen LogP contribution in [0.1, 0.15) is 31.7 Å². The molecule has 1 fully saturated rings. The predicted molar refractivity (Wildman–Crippen MR) is 60.0 cm³/mol. The molecule has 0 aromatic heterocycles. The SMILES string of the molecule is CC1CCCC1NCc1ccccc1F. The maximum Gasteiger partial charge on any atom is 0.127 e. The van der Waals surface area contributed by atoms with Crippen molar-refractivity contribution in [1.82, 2.24) is 5.32 Å². The van der Waals surface area contributed by atoms with Gasteiger partial charge in [0.2, 0.25) is 0 Å². The summed E-state index contributed by atoms with van der Waals surface area (Å²) in [6.07, 6.45) is 3.83. The van der Waals surface area contributed by atoms with Crippen LogP contribution in [0.4, 0.5) is 4.39 Å². The second kappa shape index (κ2) is 4.75. The van der Waals surface area contributed by atoms with Gasteiger partial charge in [0.25, 0.3) is 0 Å². The number of hydrogen-bond donors (Lipinski definition) is 1. The van der Waals surface area contributed by atoms with E-state index >= 15 is 0 Å². The second-order valence-electron chi connectivity index (χ2n) is 4.49. The fourth-order valence-corrected chi connectivity index (χ4v) is 2.33. The van der Waals surface area contributed by atoms with Gasteiger partial charge in [-0.15, -0.1) is 0 Å². The van der Waals surface area contributed by atoms with Crippen molar-refractivity contribution in [2.24, 2.45) is 5.92 Å². The van der Waals surface area contributed by atoms with Gasteiger partial charge in [-0.1, -0.05) is 31.5 Å². The van der Waals surface area contributed by atoms with Gasteiger partial charge in [0, 0.05) is 18.2 Å². The van der Waals surface area contributed by atoms with Crippen LogP contribution < -0.4 is 5.32 Å². The molecule has 0 saturated heterocycles. The molecule has 1 aliphatic rings. The zero-order chi connectivity index (χ0) is 10.7. The van der Waals surface area contributed by atoms with E-state index in [1.165, 1.54) is 25.3 Å². The van der Waals surface area contributed by atoms with E-state index in [2.05, 4.69) is 12.2 Å². The summed E-state index contributed by atoms with van der Waals surface area (Å²) in [6.45, 7) is 2.92. The number of nitrogens with one attached hydrogen (secondary N) is 1. The lowest BCUT2D eigenvalue weighted by atomic mass is 10.1. The van der Waals surface area contributed by atoms with Crippen LogP contribution in [0.2, 0.25) is 0 Å². The van der Waals surface area contributed by atoms with Crippen molar-refractivity contribution in [1.29, 1.82) is 0 Å². The third-order valence-electron chi connectivity index (χ3n) is 3.37. The van der Waals surface area contributed by atoms with Crippen molar-refractivity contribution in [2.75, 3.05) is 0 Å². The molecule has 0 spiro atoms. The number of benzene rings is 1. The average Bonchev–Trinajstić information content (AvgIpc) is 2.63. The van der Waals surface area contributed by atoms with Gasteiger partial charge in [-0.25, -0.2) is 4.39 Å². The van der Waals surface area contributed by atoms with Gasteiger partial charge in [0.1, 0.15) is 5.82 Å². The van der Waals surface area contributed by atoms with Crippen LogP contribution in [0.25, 0.3) is 0 Å². The van der Waals surface area contributed by atoms with E-state index in [-0.39, 0.29) is 5.82 Å². The zero-order valence-corrected chi connectivity index (χ0v) is 9.17. The van der Waals surface area contributed by atoms with Gasteiger partial charge >= 0.3 is 0 Å². The van der Waals surface area contributed by atoms with Gasteiger partial charge < -0.3 is 5.32 Å². The van der Waals surface area contributed by atoms with Crippen molar-refractivity contribution < 1.29 is 4.39 Å². The van der Waals surface area contributed by atoms with Crippen molar-refractivity contribution in [2.45, 2.75) is 38.8 Å². The normalized spacial score (nSPS) is 25.7. The highest BCUT2D eigenvalue weighted by molar-refractivity contribution is 5.17. The Bertz CT molecular complexity index is 324. The lowest BCUT2D eigenvalue weighted by Crippen LogP contribution is -2.30. The molecule has 1 saturated carbocycles. The summed E-state index contributed by atoms with van der Waals surface area (Å²) in [7, 11) is 0. The fraction of sp³-hybridized carbons (Fsp3) is 0.538. The minimum absolute atomic E-state index is 0.101. The minimum Gasteiger partial charge on any atom is -0.310 e. The topological polar surface area (TPSA) is 12.0 Å². The third kappa shape index (κ3) is 2.57. The summed E-state index contributed by atoms with van der Waals surface area (Å²) in [5, 5.41) is 3.45. The largest absolute Gasteiger partial charge is 0.310 e. The van der Waals surface area contributed by atoms with E-state index in [1.807, 2.05) is 12.1 Å². The van der Waals surface area contributed by atoms with E-state index in [0.29, 0.717) is 12.6 Å². The summed E-state index contributed by atoms with van der Waals surface area (Å²) in [6, 6.07) is 7.57. The van der Waals surface area contributed by atoms with Gasteiger partial charge in [-0.2, -0.15) is 0 Å². The van der Waals surface area contributed by atoms with Crippen molar-refractivity contribution in [3.05, 3.63) is 35.6 Å². The van der Waals surface area contributed by atoms with E-state index in [1.54, 1.807) is 6.07 Å². The van der Waals surface area contributed by atoms with Crippen molar-refractivity contribution in [3.8, 4) is 0 Å². The Morgan fingerprint density at radius 2 is 2.13 bits per heavy atom. The van der Waals surface area contributed by atoms with Gasteiger partial charge in [0.05, 0.1) is 0 Å². The Morgan fingerprint density at radius 3 is 2.80 bits per heavy atom. The van der Waals surface area contributed by atoms with E-state index in [9.17, 15) is 4.39 Å². The first-order chi connectivity index (χ1) is 7.27. The Hall–Kier alpha value is -0.890. The molecule has 0 amide bonds. The molecule has 1 N–H and O–H groups in total. The maximum atomic E-state index is 13.3. The molecular formula is C13H18FN. The smallest absolute Gasteiger partial charge is 0.127 e. The summed E-state index contributed by atoms with van der Waals surface area (Å²) < 4.78 is 13.3. The molecule has 2 unspecified atom stereocenters. The van der Waals surface area contributed by atoms with Crippen LogP contribution >= 0.6 is 0 Å². The van der Waals surface area contributed by atoms with Crippen LogP contribution in [0.3, 0.4) is 0 Å². The predicted octanol–water partition coefficient (Wildman–Crippen LogP) is 3.10. The third-order valence-corrected chi connectivity index (χ3v) is 3.37. The maximum absolute atomic E-state index is 13.3. The molecule has 1 aromatic rings. The van der Waals surface area contributed by atoms with Crippen LogP contribution in [0.5, 0.6) is 0 Å². The molecule has 1 nitrogen and oxygen atoms in total. The highest BCUT2D eigenvalue weighted by Crippen LogP contribution is 2.25. The van der Waals surface area contributed by atoms with E-state index in [0.717, 1.165) is 11.5 Å². The lowest BCUT2D eigenvalue weighted by molar-refractivity contribution is 0.421. The fourth-order valence-electron chi connectivity index (χ4n) is 2.33. The van der Waals surface area contributed by atoms with Crippen LogP contribution in [-0.2, 0) is 6.54 Å². The van der Waals surface area contributed by atoms with Crippen LogP contribution in [0, 0.1) is 11.7 Å². The molecule has 1 aliphatic carbocycles. The Kier molecular flexibility index (Phi) is 3.37. The number of halogens is 1. The Balaban J connectivity index is 1.90. The zero-order valence-electron chi connectivity index (χ0n) is 9.17. The highest BCUT2D eigenvalue weighted by atomic mass is 19.1. The molecule has 82 valence electrons. The van der Waals surface area contributed by atoms with Crippen LogP contribution in [0.15, 0.2) is 24.3 Å². The average molecular weight is 207 g/mol. The molecule has 0 heterocycles. The Labute approximate surface area is 90.7 Å². The van der Waals surface area contributed by atoms with Crippen molar-refractivity contribution in [3.63, 3.8) is 0 Å². The van der Waals surface area contributed by atoms with Gasteiger partial charge in [0.15, 0.2) is 0 Å². The molecule has 0 aliphatic heterocycles. The minimum atomic E-state index is -0.101. The monoisotopic (exact) mass is 207 g/mol. The Morgan fingerprint density at radius 1 is 1.33 bits per heavy atom. The summed E-state index contributed by atoms with van der Waals surface area (Å²) in [5.74, 6) is 0.632. The molecular weight excluding hydrogens is 189 g/mol. The number of hydrogen-bond acceptors (Lipinski definition) is 1. The molecule has 2 heteroatoms. The molecule has 15 heavy (non-hydrogen) atoms.